The molecule has 0 aliphatic rings. The van der Waals surface area contributed by atoms with Crippen LogP contribution in [-0.2, 0) is 14.3 Å². The Hall–Kier alpha value is -1.38. The molecule has 3 heteroatoms. The molecule has 3 nitrogen and oxygen atoms in total. The molecule has 0 bridgehead atoms. The number of hydrogen-bond acceptors (Lipinski definition) is 3. The lowest BCUT2D eigenvalue weighted by Gasteiger charge is -1.97. The van der Waals surface area contributed by atoms with Gasteiger partial charge in [-0.1, -0.05) is 38.2 Å². The maximum absolute atomic E-state index is 11.0. The molecule has 0 radical (unpaired) electrons. The average Bonchev–Trinajstić information content (AvgIpc) is 2.18. The van der Waals surface area contributed by atoms with Gasteiger partial charge in [0.25, 0.3) is 0 Å². The minimum Gasteiger partial charge on any atom is -0.393 e. The van der Waals surface area contributed by atoms with E-state index in [2.05, 4.69) is 4.74 Å². The smallest absolute Gasteiger partial charge is 0.317 e. The molecule has 0 unspecified atom stereocenters. The van der Waals surface area contributed by atoms with Crippen LogP contribution in [0.5, 0.6) is 0 Å². The van der Waals surface area contributed by atoms with Gasteiger partial charge in [0.15, 0.2) is 0 Å². The lowest BCUT2D eigenvalue weighted by atomic mass is 10.3. The van der Waals surface area contributed by atoms with E-state index in [9.17, 15) is 9.59 Å². The summed E-state index contributed by atoms with van der Waals surface area (Å²) in [6.45, 7) is 3.95. The first-order valence-electron chi connectivity index (χ1n) is 5.24. The molecule has 0 spiro atoms. The summed E-state index contributed by atoms with van der Waals surface area (Å²) in [5.74, 6) is -0.982. The van der Waals surface area contributed by atoms with Crippen LogP contribution in [0.1, 0.15) is 39.5 Å². The summed E-state index contributed by atoms with van der Waals surface area (Å²) in [6, 6.07) is 0. The van der Waals surface area contributed by atoms with Gasteiger partial charge < -0.3 is 4.74 Å². The Morgan fingerprint density at radius 1 is 0.867 bits per heavy atom. The fraction of sp³-hybridized carbons (Fsp3) is 0.500. The van der Waals surface area contributed by atoms with Crippen LogP contribution in [0.4, 0.5) is 0 Å². The van der Waals surface area contributed by atoms with E-state index in [1.807, 2.05) is 26.0 Å². The number of allylic oxidation sites excluding steroid dienone is 2. The van der Waals surface area contributed by atoms with E-state index in [0.717, 1.165) is 12.8 Å². The molecule has 0 amide bonds. The fourth-order valence-electron chi connectivity index (χ4n) is 0.903. The summed E-state index contributed by atoms with van der Waals surface area (Å²) in [5.41, 5.74) is 0. The number of esters is 2. The highest BCUT2D eigenvalue weighted by Crippen LogP contribution is 1.95. The zero-order valence-corrected chi connectivity index (χ0v) is 9.36. The zero-order valence-electron chi connectivity index (χ0n) is 9.36. The van der Waals surface area contributed by atoms with Crippen LogP contribution >= 0.6 is 0 Å². The number of rotatable bonds is 6. The average molecular weight is 210 g/mol. The first kappa shape index (κ1) is 13.6. The molecule has 15 heavy (non-hydrogen) atoms. The predicted molar refractivity (Wildman–Crippen MR) is 59.2 cm³/mol. The molecule has 0 rings (SSSR count). The van der Waals surface area contributed by atoms with Gasteiger partial charge in [-0.2, -0.15) is 0 Å². The maximum atomic E-state index is 11.0. The fourth-order valence-corrected chi connectivity index (χ4v) is 0.903. The van der Waals surface area contributed by atoms with Crippen LogP contribution < -0.4 is 0 Å². The molecular formula is C12H18O3. The molecule has 0 aromatic rings. The van der Waals surface area contributed by atoms with Gasteiger partial charge in [0.2, 0.25) is 0 Å². The number of hydrogen-bond donors (Lipinski definition) is 0. The Morgan fingerprint density at radius 2 is 1.27 bits per heavy atom. The largest absolute Gasteiger partial charge is 0.393 e. The molecule has 0 saturated carbocycles. The minimum absolute atomic E-state index is 0.164. The third-order valence-electron chi connectivity index (χ3n) is 1.60. The SMILES string of the molecule is CC/C=C\CC(=O)OC(=O)C/C=C\CC. The van der Waals surface area contributed by atoms with Crippen molar-refractivity contribution in [2.24, 2.45) is 0 Å². The first-order chi connectivity index (χ1) is 7.20. The second kappa shape index (κ2) is 9.19. The number of carbonyl (C=O) groups excluding carboxylic acids is 2. The van der Waals surface area contributed by atoms with E-state index < -0.39 is 11.9 Å². The molecule has 0 aromatic heterocycles. The molecule has 84 valence electrons. The van der Waals surface area contributed by atoms with Crippen molar-refractivity contribution in [3.8, 4) is 0 Å². The zero-order chi connectivity index (χ0) is 11.5. The maximum Gasteiger partial charge on any atom is 0.317 e. The van der Waals surface area contributed by atoms with Gasteiger partial charge in [0.1, 0.15) is 0 Å². The highest BCUT2D eigenvalue weighted by molar-refractivity contribution is 5.86. The summed E-state index contributed by atoms with van der Waals surface area (Å²) in [5, 5.41) is 0. The Balaban J connectivity index is 3.71. The molecule has 0 aliphatic carbocycles. The Kier molecular flexibility index (Phi) is 8.34. The highest BCUT2D eigenvalue weighted by atomic mass is 16.6. The van der Waals surface area contributed by atoms with Crippen molar-refractivity contribution in [3.63, 3.8) is 0 Å². The molecule has 0 fully saturated rings. The van der Waals surface area contributed by atoms with Crippen molar-refractivity contribution >= 4 is 11.9 Å². The van der Waals surface area contributed by atoms with E-state index in [-0.39, 0.29) is 12.8 Å². The van der Waals surface area contributed by atoms with Gasteiger partial charge in [-0.05, 0) is 12.8 Å². The van der Waals surface area contributed by atoms with E-state index in [1.54, 1.807) is 12.2 Å². The van der Waals surface area contributed by atoms with E-state index in [0.29, 0.717) is 0 Å². The highest BCUT2D eigenvalue weighted by Gasteiger charge is 2.06. The minimum atomic E-state index is -0.491. The van der Waals surface area contributed by atoms with Crippen LogP contribution in [0.15, 0.2) is 24.3 Å². The normalized spacial score (nSPS) is 11.1. The lowest BCUT2D eigenvalue weighted by molar-refractivity contribution is -0.158. The summed E-state index contributed by atoms with van der Waals surface area (Å²) >= 11 is 0. The van der Waals surface area contributed by atoms with Crippen molar-refractivity contribution in [1.82, 2.24) is 0 Å². The molecule has 0 aromatic carbocycles. The van der Waals surface area contributed by atoms with E-state index in [1.165, 1.54) is 0 Å². The van der Waals surface area contributed by atoms with Crippen LogP contribution in [0, 0.1) is 0 Å². The molecule has 0 heterocycles. The molecule has 0 aliphatic heterocycles. The third-order valence-corrected chi connectivity index (χ3v) is 1.60. The van der Waals surface area contributed by atoms with Crippen LogP contribution in [0.3, 0.4) is 0 Å². The van der Waals surface area contributed by atoms with Gasteiger partial charge >= 0.3 is 11.9 Å². The Labute approximate surface area is 90.8 Å². The van der Waals surface area contributed by atoms with Gasteiger partial charge in [-0.3, -0.25) is 9.59 Å². The molecule has 0 N–H and O–H groups in total. The van der Waals surface area contributed by atoms with Crippen molar-refractivity contribution < 1.29 is 14.3 Å². The number of carbonyl (C=O) groups is 2. The van der Waals surface area contributed by atoms with Crippen molar-refractivity contribution in [1.29, 1.82) is 0 Å². The van der Waals surface area contributed by atoms with Crippen molar-refractivity contribution in [2.45, 2.75) is 39.5 Å². The summed E-state index contributed by atoms with van der Waals surface area (Å²) in [6.07, 6.45) is 9.22. The molecular weight excluding hydrogens is 192 g/mol. The Morgan fingerprint density at radius 3 is 1.60 bits per heavy atom. The van der Waals surface area contributed by atoms with Crippen LogP contribution in [-0.4, -0.2) is 11.9 Å². The summed E-state index contributed by atoms with van der Waals surface area (Å²) in [7, 11) is 0. The van der Waals surface area contributed by atoms with Crippen molar-refractivity contribution in [2.75, 3.05) is 0 Å². The van der Waals surface area contributed by atoms with Gasteiger partial charge in [0.05, 0.1) is 12.8 Å². The number of ether oxygens (including phenoxy) is 1. The van der Waals surface area contributed by atoms with Crippen molar-refractivity contribution in [3.05, 3.63) is 24.3 Å². The molecule has 0 atom stereocenters. The topological polar surface area (TPSA) is 43.4 Å². The monoisotopic (exact) mass is 210 g/mol. The lowest BCUT2D eigenvalue weighted by Crippen LogP contribution is -2.10. The van der Waals surface area contributed by atoms with Crippen LogP contribution in [0.25, 0.3) is 0 Å². The third kappa shape index (κ3) is 8.94. The Bertz CT molecular complexity index is 226. The first-order valence-corrected chi connectivity index (χ1v) is 5.24. The van der Waals surface area contributed by atoms with E-state index in [4.69, 9.17) is 0 Å². The standard InChI is InChI=1S/C12H18O3/c1-3-5-7-9-11(13)15-12(14)10-8-6-4-2/h5-8H,3-4,9-10H2,1-2H3/b7-5-,8-6-. The van der Waals surface area contributed by atoms with Gasteiger partial charge in [0, 0.05) is 0 Å². The predicted octanol–water partition coefficient (Wildman–Crippen LogP) is 2.77. The second-order valence-electron chi connectivity index (χ2n) is 3.01. The summed E-state index contributed by atoms with van der Waals surface area (Å²) in [4.78, 5) is 22.1. The van der Waals surface area contributed by atoms with Gasteiger partial charge in [-0.15, -0.1) is 0 Å². The van der Waals surface area contributed by atoms with E-state index >= 15 is 0 Å². The quantitative estimate of drug-likeness (QED) is 0.384. The second-order valence-corrected chi connectivity index (χ2v) is 3.01. The van der Waals surface area contributed by atoms with Gasteiger partial charge in [-0.25, -0.2) is 0 Å². The summed E-state index contributed by atoms with van der Waals surface area (Å²) < 4.78 is 4.56. The molecule has 0 saturated heterocycles. The van der Waals surface area contributed by atoms with Crippen LogP contribution in [0.2, 0.25) is 0 Å².